The van der Waals surface area contributed by atoms with Crippen LogP contribution in [0.5, 0.6) is 5.88 Å². The summed E-state index contributed by atoms with van der Waals surface area (Å²) in [6, 6.07) is 4.23. The number of fused-ring (bicyclic) bond motifs is 2. The van der Waals surface area contributed by atoms with Gasteiger partial charge in [-0.15, -0.1) is 0 Å². The maximum atomic E-state index is 13.8. The number of benzene rings is 1. The zero-order chi connectivity index (χ0) is 24.7. The Labute approximate surface area is 204 Å². The number of aryl methyl sites for hydroxylation is 4. The van der Waals surface area contributed by atoms with E-state index in [1.165, 1.54) is 0 Å². The highest BCUT2D eigenvalue weighted by Gasteiger charge is 2.32. The van der Waals surface area contributed by atoms with E-state index in [1.54, 1.807) is 14.0 Å². The molecule has 2 aliphatic rings. The van der Waals surface area contributed by atoms with E-state index < -0.39 is 5.97 Å². The average Bonchev–Trinajstić information content (AvgIpc) is 3.17. The lowest BCUT2D eigenvalue weighted by Crippen LogP contribution is -2.24. The molecule has 2 aliphatic heterocycles. The molecule has 3 aromatic rings. The van der Waals surface area contributed by atoms with Crippen molar-refractivity contribution in [1.82, 2.24) is 19.1 Å². The number of carbonyl (C=O) groups is 1. The summed E-state index contributed by atoms with van der Waals surface area (Å²) < 4.78 is 16.9. The standard InChI is InChI=1S/C26H33N5O4/c1-4-17-14-16(3)15-18(5-2)20(17)22-24(32)30-10-12-34-13-11-31(30)25(22)35-26(33)21-19-8-6-7-9-29(19)28-23(21)27/h14-15H,4-13H2,1-3H3,(H2,27,28). The van der Waals surface area contributed by atoms with E-state index in [9.17, 15) is 9.59 Å². The first-order chi connectivity index (χ1) is 16.9. The van der Waals surface area contributed by atoms with Gasteiger partial charge < -0.3 is 15.2 Å². The van der Waals surface area contributed by atoms with Gasteiger partial charge in [0.2, 0.25) is 5.88 Å². The van der Waals surface area contributed by atoms with E-state index in [0.717, 1.165) is 66.6 Å². The van der Waals surface area contributed by atoms with Crippen molar-refractivity contribution in [3.8, 4) is 17.0 Å². The summed E-state index contributed by atoms with van der Waals surface area (Å²) in [6.07, 6.45) is 4.21. The molecule has 4 heterocycles. The van der Waals surface area contributed by atoms with E-state index in [4.69, 9.17) is 15.2 Å². The summed E-state index contributed by atoms with van der Waals surface area (Å²) in [5.74, 6) is -0.136. The van der Waals surface area contributed by atoms with E-state index in [-0.39, 0.29) is 17.3 Å². The number of anilines is 1. The lowest BCUT2D eigenvalue weighted by Gasteiger charge is -2.17. The van der Waals surface area contributed by atoms with E-state index >= 15 is 0 Å². The number of esters is 1. The minimum atomic E-state index is -0.568. The molecule has 2 aromatic heterocycles. The molecule has 186 valence electrons. The molecule has 1 aromatic carbocycles. The number of carbonyl (C=O) groups excluding carboxylic acids is 1. The Bertz CT molecular complexity index is 1320. The van der Waals surface area contributed by atoms with Gasteiger partial charge in [-0.25, -0.2) is 14.2 Å². The van der Waals surface area contributed by atoms with Crippen molar-refractivity contribution in [1.29, 1.82) is 0 Å². The number of hydrogen-bond donors (Lipinski definition) is 1. The Morgan fingerprint density at radius 3 is 2.43 bits per heavy atom. The molecule has 9 nitrogen and oxygen atoms in total. The second-order valence-corrected chi connectivity index (χ2v) is 9.29. The fourth-order valence-electron chi connectivity index (χ4n) is 5.43. The Kier molecular flexibility index (Phi) is 6.27. The number of rotatable bonds is 5. The van der Waals surface area contributed by atoms with Crippen LogP contribution in [0.2, 0.25) is 0 Å². The van der Waals surface area contributed by atoms with Crippen molar-refractivity contribution >= 4 is 11.8 Å². The SMILES string of the molecule is CCc1cc(C)cc(CC)c1-c1c(OC(=O)c2c(N)nn3c2CCCC3)n2n(c1=O)CCOCC2. The van der Waals surface area contributed by atoms with Gasteiger partial charge in [-0.3, -0.25) is 9.48 Å². The fraction of sp³-hybridized carbons (Fsp3) is 0.500. The number of aromatic nitrogens is 4. The largest absolute Gasteiger partial charge is 0.403 e. The van der Waals surface area contributed by atoms with Gasteiger partial charge in [-0.1, -0.05) is 31.5 Å². The van der Waals surface area contributed by atoms with E-state index in [2.05, 4.69) is 38.0 Å². The monoisotopic (exact) mass is 479 g/mol. The molecule has 9 heteroatoms. The van der Waals surface area contributed by atoms with Gasteiger partial charge in [-0.05, 0) is 55.7 Å². The van der Waals surface area contributed by atoms with Crippen LogP contribution in [-0.4, -0.2) is 38.3 Å². The number of nitrogens with two attached hydrogens (primary N) is 1. The van der Waals surface area contributed by atoms with Gasteiger partial charge in [0.05, 0.1) is 32.0 Å². The van der Waals surface area contributed by atoms with Gasteiger partial charge in [0.1, 0.15) is 11.1 Å². The Balaban J connectivity index is 1.70. The number of nitrogens with zero attached hydrogens (tertiary/aromatic N) is 4. The number of ether oxygens (including phenoxy) is 2. The van der Waals surface area contributed by atoms with Crippen LogP contribution < -0.4 is 16.0 Å². The van der Waals surface area contributed by atoms with E-state index in [0.29, 0.717) is 37.4 Å². The fourth-order valence-corrected chi connectivity index (χ4v) is 5.43. The Morgan fingerprint density at radius 1 is 1.06 bits per heavy atom. The highest BCUT2D eigenvalue weighted by molar-refractivity contribution is 5.97. The summed E-state index contributed by atoms with van der Waals surface area (Å²) in [5.41, 5.74) is 11.7. The van der Waals surface area contributed by atoms with Crippen LogP contribution in [0.4, 0.5) is 5.82 Å². The third kappa shape index (κ3) is 3.97. The quantitative estimate of drug-likeness (QED) is 0.564. The van der Waals surface area contributed by atoms with Gasteiger partial charge in [0.15, 0.2) is 5.82 Å². The molecule has 0 unspecified atom stereocenters. The van der Waals surface area contributed by atoms with Gasteiger partial charge in [0, 0.05) is 6.54 Å². The smallest absolute Gasteiger partial charge is 0.350 e. The van der Waals surface area contributed by atoms with Crippen LogP contribution in [-0.2, 0) is 43.6 Å². The van der Waals surface area contributed by atoms with Crippen molar-refractivity contribution in [2.75, 3.05) is 18.9 Å². The van der Waals surface area contributed by atoms with Gasteiger partial charge in [-0.2, -0.15) is 5.10 Å². The molecule has 0 bridgehead atoms. The molecule has 0 aliphatic carbocycles. The first kappa shape index (κ1) is 23.4. The van der Waals surface area contributed by atoms with Gasteiger partial charge in [0.25, 0.3) is 5.56 Å². The predicted molar refractivity (Wildman–Crippen MR) is 133 cm³/mol. The highest BCUT2D eigenvalue weighted by atomic mass is 16.5. The van der Waals surface area contributed by atoms with Crippen LogP contribution in [0.3, 0.4) is 0 Å². The van der Waals surface area contributed by atoms with Crippen molar-refractivity contribution < 1.29 is 14.3 Å². The first-order valence-electron chi connectivity index (χ1n) is 12.6. The summed E-state index contributed by atoms with van der Waals surface area (Å²) in [4.78, 5) is 27.4. The molecule has 0 amide bonds. The molecule has 2 N–H and O–H groups in total. The van der Waals surface area contributed by atoms with Crippen molar-refractivity contribution in [2.24, 2.45) is 0 Å². The molecule has 0 radical (unpaired) electrons. The van der Waals surface area contributed by atoms with Gasteiger partial charge >= 0.3 is 5.97 Å². The van der Waals surface area contributed by atoms with Crippen LogP contribution in [0, 0.1) is 6.92 Å². The molecule has 0 saturated carbocycles. The molecule has 0 atom stereocenters. The normalized spacial score (nSPS) is 15.4. The number of nitrogen functional groups attached to an aromatic ring is 1. The summed E-state index contributed by atoms with van der Waals surface area (Å²) >= 11 is 0. The minimum Gasteiger partial charge on any atom is -0.403 e. The zero-order valence-electron chi connectivity index (χ0n) is 20.7. The van der Waals surface area contributed by atoms with E-state index in [1.807, 2.05) is 0 Å². The average molecular weight is 480 g/mol. The van der Waals surface area contributed by atoms with Crippen molar-refractivity contribution in [3.63, 3.8) is 0 Å². The first-order valence-corrected chi connectivity index (χ1v) is 12.6. The van der Waals surface area contributed by atoms with Crippen molar-refractivity contribution in [2.45, 2.75) is 72.5 Å². The molecular weight excluding hydrogens is 446 g/mol. The second kappa shape index (κ2) is 9.37. The Morgan fingerprint density at radius 2 is 1.74 bits per heavy atom. The molecule has 5 rings (SSSR count). The van der Waals surface area contributed by atoms with Crippen LogP contribution in [0.1, 0.15) is 59.4 Å². The summed E-state index contributed by atoms with van der Waals surface area (Å²) in [7, 11) is 0. The molecule has 0 saturated heterocycles. The zero-order valence-corrected chi connectivity index (χ0v) is 20.7. The maximum absolute atomic E-state index is 13.8. The van der Waals surface area contributed by atoms with Crippen molar-refractivity contribution in [3.05, 3.63) is 50.4 Å². The van der Waals surface area contributed by atoms with Crippen LogP contribution in [0.25, 0.3) is 11.1 Å². The predicted octanol–water partition coefficient (Wildman–Crippen LogP) is 3.11. The van der Waals surface area contributed by atoms with Crippen LogP contribution >= 0.6 is 0 Å². The maximum Gasteiger partial charge on any atom is 0.350 e. The van der Waals surface area contributed by atoms with Crippen LogP contribution in [0.15, 0.2) is 16.9 Å². The minimum absolute atomic E-state index is 0.170. The molecule has 0 fully saturated rings. The summed E-state index contributed by atoms with van der Waals surface area (Å²) in [6.45, 7) is 8.62. The number of hydrogen-bond acceptors (Lipinski definition) is 6. The second-order valence-electron chi connectivity index (χ2n) is 9.29. The molecular formula is C26H33N5O4. The lowest BCUT2D eigenvalue weighted by atomic mass is 9.91. The molecule has 0 spiro atoms. The Hall–Kier alpha value is -3.33. The summed E-state index contributed by atoms with van der Waals surface area (Å²) in [5, 5.41) is 4.37. The molecule has 35 heavy (non-hydrogen) atoms. The third-order valence-electron chi connectivity index (χ3n) is 7.05. The third-order valence-corrected chi connectivity index (χ3v) is 7.05. The lowest BCUT2D eigenvalue weighted by molar-refractivity contribution is 0.0713. The topological polar surface area (TPSA) is 106 Å². The highest BCUT2D eigenvalue weighted by Crippen LogP contribution is 2.36.